The molecule has 4 aromatic rings. The highest BCUT2D eigenvalue weighted by atomic mass is 32.2. The Morgan fingerprint density at radius 1 is 0.657 bits per heavy atom. The van der Waals surface area contributed by atoms with Gasteiger partial charge in [-0.15, -0.1) is 0 Å². The molecule has 0 N–H and O–H groups in total. The molecule has 0 bridgehead atoms. The predicted octanol–water partition coefficient (Wildman–Crippen LogP) is 8.28. The van der Waals surface area contributed by atoms with E-state index in [-0.39, 0.29) is 10.9 Å². The van der Waals surface area contributed by atoms with E-state index >= 15 is 0 Å². The monoisotopic (exact) mass is 485 g/mol. The van der Waals surface area contributed by atoms with Crippen molar-refractivity contribution in [3.05, 3.63) is 109 Å². The predicted molar refractivity (Wildman–Crippen MR) is 139 cm³/mol. The number of hydrogen-bond donors (Lipinski definition) is 0. The molecule has 178 valence electrons. The number of carbonyl (C=O) groups is 1. The normalized spacial score (nSPS) is 11.2. The minimum absolute atomic E-state index is 0.202. The van der Waals surface area contributed by atoms with Crippen molar-refractivity contribution in [2.75, 3.05) is 0 Å². The van der Waals surface area contributed by atoms with E-state index in [0.717, 1.165) is 5.75 Å². The van der Waals surface area contributed by atoms with Gasteiger partial charge in [-0.1, -0.05) is 43.3 Å². The van der Waals surface area contributed by atoms with E-state index in [1.54, 1.807) is 24.3 Å². The van der Waals surface area contributed by atoms with Crippen molar-refractivity contribution in [1.82, 2.24) is 0 Å². The lowest BCUT2D eigenvalue weighted by Gasteiger charge is -2.22. The maximum Gasteiger partial charge on any atom is 0.514 e. The molecule has 0 saturated heterocycles. The van der Waals surface area contributed by atoms with Crippen LogP contribution in [0.1, 0.15) is 27.2 Å². The van der Waals surface area contributed by atoms with Crippen molar-refractivity contribution in [3.63, 3.8) is 0 Å². The lowest BCUT2D eigenvalue weighted by atomic mass is 10.1. The summed E-state index contributed by atoms with van der Waals surface area (Å²) in [4.78, 5) is 15.7. The summed E-state index contributed by atoms with van der Waals surface area (Å²) in [7, 11) is -0.202. The van der Waals surface area contributed by atoms with Crippen molar-refractivity contribution >= 4 is 17.1 Å². The van der Waals surface area contributed by atoms with Gasteiger partial charge < -0.3 is 14.2 Å². The molecule has 0 saturated carbocycles. The molecule has 0 amide bonds. The fourth-order valence-electron chi connectivity index (χ4n) is 3.29. The first-order valence-electron chi connectivity index (χ1n) is 11.6. The number of carbonyl (C=O) groups excluding carboxylic acids is 1. The van der Waals surface area contributed by atoms with Crippen LogP contribution in [0.4, 0.5) is 4.79 Å². The molecule has 0 aliphatic rings. The molecule has 5 heteroatoms. The third kappa shape index (κ3) is 6.67. The zero-order valence-corrected chi connectivity index (χ0v) is 21.0. The van der Waals surface area contributed by atoms with E-state index in [9.17, 15) is 4.79 Å². The highest BCUT2D eigenvalue weighted by molar-refractivity contribution is 7.97. The van der Waals surface area contributed by atoms with Crippen molar-refractivity contribution in [2.45, 2.75) is 47.5 Å². The van der Waals surface area contributed by atoms with Crippen molar-refractivity contribution in [2.24, 2.45) is 0 Å². The van der Waals surface area contributed by atoms with Crippen molar-refractivity contribution < 1.29 is 19.0 Å². The Balaban J connectivity index is 1.45. The van der Waals surface area contributed by atoms with Gasteiger partial charge in [0.1, 0.15) is 22.8 Å². The van der Waals surface area contributed by atoms with Gasteiger partial charge in [-0.05, 0) is 93.1 Å². The summed E-state index contributed by atoms with van der Waals surface area (Å²) in [6.45, 7) is 5.65. The quantitative estimate of drug-likeness (QED) is 0.143. The average Bonchev–Trinajstić information content (AvgIpc) is 2.87. The fourth-order valence-corrected chi connectivity index (χ4v) is 5.38. The van der Waals surface area contributed by atoms with Gasteiger partial charge in [-0.3, -0.25) is 0 Å². The molecule has 0 aliphatic heterocycles. The summed E-state index contributed by atoms with van der Waals surface area (Å²) in [5, 5.41) is 0. The number of ether oxygens (including phenoxy) is 3. The van der Waals surface area contributed by atoms with Gasteiger partial charge in [0.15, 0.2) is 14.7 Å². The van der Waals surface area contributed by atoms with Crippen LogP contribution in [0.5, 0.6) is 17.2 Å². The molecule has 4 nitrogen and oxygen atoms in total. The van der Waals surface area contributed by atoms with E-state index in [1.165, 1.54) is 14.7 Å². The summed E-state index contributed by atoms with van der Waals surface area (Å²) in [5.41, 5.74) is -0.563. The van der Waals surface area contributed by atoms with E-state index < -0.39 is 11.8 Å². The van der Waals surface area contributed by atoms with Crippen LogP contribution in [0.3, 0.4) is 0 Å². The van der Waals surface area contributed by atoms with Gasteiger partial charge in [0.2, 0.25) is 0 Å². The molecule has 4 aromatic carbocycles. The fraction of sp³-hybridized carbons (Fsp3) is 0.167. The first-order valence-corrected chi connectivity index (χ1v) is 12.8. The summed E-state index contributed by atoms with van der Waals surface area (Å²) < 4.78 is 16.6. The van der Waals surface area contributed by atoms with Gasteiger partial charge in [-0.25, -0.2) is 4.79 Å². The first kappa shape index (κ1) is 24.4. The lowest BCUT2D eigenvalue weighted by molar-refractivity contribution is 0.00705. The number of benzene rings is 4. The highest BCUT2D eigenvalue weighted by Gasteiger charge is 2.28. The van der Waals surface area contributed by atoms with E-state index in [0.29, 0.717) is 17.9 Å². The van der Waals surface area contributed by atoms with E-state index in [1.807, 2.05) is 45.0 Å². The number of hydrogen-bond acceptors (Lipinski definition) is 4. The SMILES string of the molecule is CCC(C)(C)OC(=O)Oc1ccc(Oc2ccc([S+](c3ccccc3)c3ccccc3)cc2)cc1. The second kappa shape index (κ2) is 11.2. The highest BCUT2D eigenvalue weighted by Crippen LogP contribution is 2.33. The Morgan fingerprint density at radius 3 is 1.57 bits per heavy atom. The summed E-state index contributed by atoms with van der Waals surface area (Å²) in [6.07, 6.45) is -0.0145. The molecule has 0 fully saturated rings. The Morgan fingerprint density at radius 2 is 1.09 bits per heavy atom. The summed E-state index contributed by atoms with van der Waals surface area (Å²) in [6, 6.07) is 36.2. The molecule has 0 heterocycles. The molecule has 0 unspecified atom stereocenters. The van der Waals surface area contributed by atoms with Crippen LogP contribution in [0.15, 0.2) is 124 Å². The molecular formula is C30H29O4S+. The van der Waals surface area contributed by atoms with Crippen LogP contribution in [0, 0.1) is 0 Å². The molecule has 0 radical (unpaired) electrons. The van der Waals surface area contributed by atoms with Gasteiger partial charge in [0.25, 0.3) is 0 Å². The summed E-state index contributed by atoms with van der Waals surface area (Å²) >= 11 is 0. The standard InChI is InChI=1S/C30H29O4S/c1-4-30(2,3)34-29(31)33-25-17-15-23(16-18-25)32-24-19-21-28(22-20-24)35(26-11-7-5-8-12-26)27-13-9-6-10-14-27/h5-22H,4H2,1-3H3/q+1. The maximum absolute atomic E-state index is 12.0. The van der Waals surface area contributed by atoms with Crippen LogP contribution in [-0.4, -0.2) is 11.8 Å². The number of rotatable bonds is 8. The van der Waals surface area contributed by atoms with Gasteiger partial charge in [0, 0.05) is 0 Å². The molecule has 0 aromatic heterocycles. The van der Waals surface area contributed by atoms with Crippen molar-refractivity contribution in [3.8, 4) is 17.2 Å². The van der Waals surface area contributed by atoms with Crippen LogP contribution in [0.2, 0.25) is 0 Å². The maximum atomic E-state index is 12.0. The largest absolute Gasteiger partial charge is 0.514 e. The minimum atomic E-state index is -0.715. The molecule has 35 heavy (non-hydrogen) atoms. The summed E-state index contributed by atoms with van der Waals surface area (Å²) in [5.74, 6) is 1.79. The third-order valence-corrected chi connectivity index (χ3v) is 7.72. The molecule has 0 aliphatic carbocycles. The Labute approximate surface area is 209 Å². The zero-order chi connectivity index (χ0) is 24.7. The average molecular weight is 486 g/mol. The smallest absolute Gasteiger partial charge is 0.457 e. The van der Waals surface area contributed by atoms with Crippen molar-refractivity contribution in [1.29, 1.82) is 0 Å². The van der Waals surface area contributed by atoms with Crippen LogP contribution in [0.25, 0.3) is 0 Å². The molecule has 0 spiro atoms. The minimum Gasteiger partial charge on any atom is -0.457 e. The van der Waals surface area contributed by atoms with Gasteiger partial charge >= 0.3 is 6.16 Å². The lowest BCUT2D eigenvalue weighted by Crippen LogP contribution is -2.28. The first-order chi connectivity index (χ1) is 16.9. The van der Waals surface area contributed by atoms with Gasteiger partial charge in [0.05, 0.1) is 10.9 Å². The van der Waals surface area contributed by atoms with E-state index in [4.69, 9.17) is 14.2 Å². The second-order valence-corrected chi connectivity index (χ2v) is 10.6. The van der Waals surface area contributed by atoms with E-state index in [2.05, 4.69) is 60.7 Å². The zero-order valence-electron chi connectivity index (χ0n) is 20.1. The van der Waals surface area contributed by atoms with Crippen LogP contribution < -0.4 is 9.47 Å². The Kier molecular flexibility index (Phi) is 7.78. The second-order valence-electron chi connectivity index (χ2n) is 8.54. The van der Waals surface area contributed by atoms with Crippen LogP contribution in [-0.2, 0) is 15.6 Å². The Bertz CT molecular complexity index is 1180. The van der Waals surface area contributed by atoms with Crippen LogP contribution >= 0.6 is 0 Å². The topological polar surface area (TPSA) is 44.8 Å². The van der Waals surface area contributed by atoms with Gasteiger partial charge in [-0.2, -0.15) is 0 Å². The molecule has 4 rings (SSSR count). The molecular weight excluding hydrogens is 456 g/mol. The molecule has 0 atom stereocenters. The Hall–Kier alpha value is -3.70. The third-order valence-electron chi connectivity index (χ3n) is 5.49.